The molecule has 0 spiro atoms. The second-order valence-electron chi connectivity index (χ2n) is 2.16. The van der Waals surface area contributed by atoms with Crippen LogP contribution in [-0.2, 0) is 0 Å². The normalized spacial score (nSPS) is 9.75. The van der Waals surface area contributed by atoms with E-state index in [-0.39, 0.29) is 18.4 Å². The molecular formula is C7H6Cl2N2O. The van der Waals surface area contributed by atoms with Crippen LogP contribution >= 0.6 is 24.0 Å². The summed E-state index contributed by atoms with van der Waals surface area (Å²) in [7, 11) is 0. The number of nitrogens with zero attached hydrogens (tertiary/aromatic N) is 1. The summed E-state index contributed by atoms with van der Waals surface area (Å²) in [6.45, 7) is 0. The number of nitrogens with two attached hydrogens (primary N) is 1. The summed E-state index contributed by atoms with van der Waals surface area (Å²) in [6, 6.07) is 5.35. The molecule has 0 aliphatic carbocycles. The SMILES string of the molecule is Cl.Nc1nc2ccc(Cl)cc2o1. The van der Waals surface area contributed by atoms with Crippen molar-refractivity contribution >= 4 is 41.1 Å². The van der Waals surface area contributed by atoms with Gasteiger partial charge in [-0.25, -0.2) is 0 Å². The van der Waals surface area contributed by atoms with Crippen molar-refractivity contribution in [1.29, 1.82) is 0 Å². The van der Waals surface area contributed by atoms with E-state index in [4.69, 9.17) is 21.8 Å². The van der Waals surface area contributed by atoms with Gasteiger partial charge in [-0.05, 0) is 12.1 Å². The highest BCUT2D eigenvalue weighted by Gasteiger charge is 2.01. The average molecular weight is 205 g/mol. The number of aromatic nitrogens is 1. The standard InChI is InChI=1S/C7H5ClN2O.ClH/c8-4-1-2-5-6(3-4)11-7(9)10-5;/h1-3H,(H2,9,10);1H. The van der Waals surface area contributed by atoms with E-state index in [2.05, 4.69) is 4.98 Å². The van der Waals surface area contributed by atoms with E-state index >= 15 is 0 Å². The van der Waals surface area contributed by atoms with E-state index in [1.165, 1.54) is 0 Å². The molecule has 0 atom stereocenters. The van der Waals surface area contributed by atoms with Gasteiger partial charge in [-0.1, -0.05) is 11.6 Å². The third-order valence-corrected chi connectivity index (χ3v) is 1.60. The van der Waals surface area contributed by atoms with Gasteiger partial charge in [0.15, 0.2) is 5.58 Å². The Morgan fingerprint density at radius 1 is 1.42 bits per heavy atom. The summed E-state index contributed by atoms with van der Waals surface area (Å²) in [5, 5.41) is 0.619. The smallest absolute Gasteiger partial charge is 0.292 e. The Balaban J connectivity index is 0.000000720. The first-order valence-electron chi connectivity index (χ1n) is 3.07. The molecule has 0 fully saturated rings. The first kappa shape index (κ1) is 9.16. The van der Waals surface area contributed by atoms with Gasteiger partial charge < -0.3 is 10.2 Å². The topological polar surface area (TPSA) is 52.0 Å². The van der Waals surface area contributed by atoms with Crippen LogP contribution in [0.5, 0.6) is 0 Å². The fourth-order valence-electron chi connectivity index (χ4n) is 0.916. The van der Waals surface area contributed by atoms with Crippen LogP contribution in [0.15, 0.2) is 22.6 Å². The lowest BCUT2D eigenvalue weighted by molar-refractivity contribution is 0.626. The number of anilines is 1. The van der Waals surface area contributed by atoms with Crippen molar-refractivity contribution in [2.45, 2.75) is 0 Å². The number of benzene rings is 1. The molecule has 2 aromatic rings. The van der Waals surface area contributed by atoms with Gasteiger partial charge in [0.1, 0.15) is 5.52 Å². The number of hydrogen-bond acceptors (Lipinski definition) is 3. The third-order valence-electron chi connectivity index (χ3n) is 1.37. The maximum absolute atomic E-state index is 5.70. The van der Waals surface area contributed by atoms with E-state index in [0.29, 0.717) is 10.6 Å². The molecule has 2 rings (SSSR count). The highest BCUT2D eigenvalue weighted by molar-refractivity contribution is 6.31. The fourth-order valence-corrected chi connectivity index (χ4v) is 1.08. The predicted octanol–water partition coefficient (Wildman–Crippen LogP) is 2.49. The van der Waals surface area contributed by atoms with Gasteiger partial charge in [0.05, 0.1) is 0 Å². The Morgan fingerprint density at radius 3 is 2.92 bits per heavy atom. The number of fused-ring (bicyclic) bond motifs is 1. The van der Waals surface area contributed by atoms with E-state index in [9.17, 15) is 0 Å². The van der Waals surface area contributed by atoms with Crippen LogP contribution in [0.2, 0.25) is 5.02 Å². The zero-order chi connectivity index (χ0) is 7.84. The van der Waals surface area contributed by atoms with Crippen molar-refractivity contribution in [2.75, 3.05) is 5.73 Å². The van der Waals surface area contributed by atoms with Gasteiger partial charge in [0.25, 0.3) is 6.01 Å². The third kappa shape index (κ3) is 1.47. The first-order chi connectivity index (χ1) is 5.25. The molecule has 0 aliphatic heterocycles. The molecule has 12 heavy (non-hydrogen) atoms. The van der Waals surface area contributed by atoms with Gasteiger partial charge in [0.2, 0.25) is 0 Å². The average Bonchev–Trinajstić information content (AvgIpc) is 2.27. The zero-order valence-corrected chi connectivity index (χ0v) is 7.52. The largest absolute Gasteiger partial charge is 0.424 e. The molecule has 64 valence electrons. The number of nitrogen functional groups attached to an aromatic ring is 1. The van der Waals surface area contributed by atoms with Crippen LogP contribution in [0.4, 0.5) is 6.01 Å². The van der Waals surface area contributed by atoms with Gasteiger partial charge in [-0.3, -0.25) is 0 Å². The monoisotopic (exact) mass is 204 g/mol. The second kappa shape index (κ2) is 3.21. The fraction of sp³-hybridized carbons (Fsp3) is 0. The quantitative estimate of drug-likeness (QED) is 0.718. The summed E-state index contributed by atoms with van der Waals surface area (Å²) in [5.41, 5.74) is 6.67. The molecule has 1 aromatic heterocycles. The Labute approximate surface area is 79.9 Å². The molecule has 0 unspecified atom stereocenters. The van der Waals surface area contributed by atoms with Crippen LogP contribution < -0.4 is 5.73 Å². The zero-order valence-electron chi connectivity index (χ0n) is 5.95. The van der Waals surface area contributed by atoms with E-state index in [1.807, 2.05) is 0 Å². The molecular weight excluding hydrogens is 199 g/mol. The lowest BCUT2D eigenvalue weighted by Crippen LogP contribution is -1.80. The molecule has 0 bridgehead atoms. The summed E-state index contributed by atoms with van der Waals surface area (Å²) in [4.78, 5) is 3.91. The number of halogens is 2. The molecule has 0 radical (unpaired) electrons. The summed E-state index contributed by atoms with van der Waals surface area (Å²) < 4.78 is 5.03. The Bertz CT molecular complexity index is 399. The second-order valence-corrected chi connectivity index (χ2v) is 2.60. The van der Waals surface area contributed by atoms with Crippen LogP contribution in [0.3, 0.4) is 0 Å². The van der Waals surface area contributed by atoms with E-state index in [1.54, 1.807) is 18.2 Å². The van der Waals surface area contributed by atoms with Crippen LogP contribution in [0, 0.1) is 0 Å². The molecule has 0 aliphatic rings. The van der Waals surface area contributed by atoms with Gasteiger partial charge in [-0.2, -0.15) is 4.98 Å². The van der Waals surface area contributed by atoms with Crippen molar-refractivity contribution in [3.8, 4) is 0 Å². The summed E-state index contributed by atoms with van der Waals surface area (Å²) in [5.74, 6) is 0. The molecule has 0 amide bonds. The van der Waals surface area contributed by atoms with Crippen molar-refractivity contribution < 1.29 is 4.42 Å². The van der Waals surface area contributed by atoms with Crippen LogP contribution in [-0.4, -0.2) is 4.98 Å². The minimum atomic E-state index is 0. The molecule has 0 saturated carbocycles. The van der Waals surface area contributed by atoms with Crippen molar-refractivity contribution in [2.24, 2.45) is 0 Å². The predicted molar refractivity (Wildman–Crippen MR) is 50.7 cm³/mol. The highest BCUT2D eigenvalue weighted by atomic mass is 35.5. The molecule has 1 heterocycles. The maximum Gasteiger partial charge on any atom is 0.292 e. The van der Waals surface area contributed by atoms with E-state index in [0.717, 1.165) is 5.52 Å². The Hall–Kier alpha value is -0.930. The molecule has 1 aromatic carbocycles. The van der Waals surface area contributed by atoms with Crippen molar-refractivity contribution in [1.82, 2.24) is 4.98 Å². The summed E-state index contributed by atoms with van der Waals surface area (Å²) in [6.07, 6.45) is 0. The molecule has 3 nitrogen and oxygen atoms in total. The van der Waals surface area contributed by atoms with Crippen LogP contribution in [0.1, 0.15) is 0 Å². The highest BCUT2D eigenvalue weighted by Crippen LogP contribution is 2.20. The molecule has 5 heteroatoms. The van der Waals surface area contributed by atoms with Crippen molar-refractivity contribution in [3.05, 3.63) is 23.2 Å². The van der Waals surface area contributed by atoms with Crippen LogP contribution in [0.25, 0.3) is 11.1 Å². The number of rotatable bonds is 0. The molecule has 0 saturated heterocycles. The molecule has 2 N–H and O–H groups in total. The van der Waals surface area contributed by atoms with Gasteiger partial charge in [-0.15, -0.1) is 12.4 Å². The Morgan fingerprint density at radius 2 is 2.17 bits per heavy atom. The van der Waals surface area contributed by atoms with E-state index < -0.39 is 0 Å². The lowest BCUT2D eigenvalue weighted by atomic mass is 10.3. The van der Waals surface area contributed by atoms with Gasteiger partial charge >= 0.3 is 0 Å². The Kier molecular flexibility index (Phi) is 2.45. The minimum absolute atomic E-state index is 0. The lowest BCUT2D eigenvalue weighted by Gasteiger charge is -1.85. The maximum atomic E-state index is 5.70. The first-order valence-corrected chi connectivity index (χ1v) is 3.45. The number of oxazole rings is 1. The minimum Gasteiger partial charge on any atom is -0.424 e. The van der Waals surface area contributed by atoms with Crippen molar-refractivity contribution in [3.63, 3.8) is 0 Å². The summed E-state index contributed by atoms with van der Waals surface area (Å²) >= 11 is 5.70. The number of hydrogen-bond donors (Lipinski definition) is 1. The van der Waals surface area contributed by atoms with Gasteiger partial charge in [0, 0.05) is 11.1 Å².